The quantitative estimate of drug-likeness (QED) is 0.876. The topological polar surface area (TPSA) is 41.3 Å². The van der Waals surface area contributed by atoms with E-state index in [-0.39, 0.29) is 6.10 Å². The van der Waals surface area contributed by atoms with Crippen molar-refractivity contribution in [2.75, 3.05) is 13.1 Å². The van der Waals surface area contributed by atoms with E-state index in [2.05, 4.69) is 25.9 Å². The Labute approximate surface area is 98.0 Å². The lowest BCUT2D eigenvalue weighted by molar-refractivity contribution is 0.174. The van der Waals surface area contributed by atoms with Gasteiger partial charge in [-0.25, -0.2) is 0 Å². The standard InChI is InChI=1S/C10H16BrN3O/c1-7-10(11)9(13(2)12-7)6-14-4-3-8(15)5-14/h8,15H,3-6H2,1-2H3. The van der Waals surface area contributed by atoms with E-state index in [0.717, 1.165) is 36.2 Å². The van der Waals surface area contributed by atoms with E-state index in [1.165, 1.54) is 5.69 Å². The highest BCUT2D eigenvalue weighted by Gasteiger charge is 2.22. The summed E-state index contributed by atoms with van der Waals surface area (Å²) in [5, 5.41) is 13.8. The van der Waals surface area contributed by atoms with Crippen LogP contribution in [0.3, 0.4) is 0 Å². The minimum Gasteiger partial charge on any atom is -0.392 e. The van der Waals surface area contributed by atoms with Crippen LogP contribution >= 0.6 is 15.9 Å². The van der Waals surface area contributed by atoms with E-state index in [0.29, 0.717) is 0 Å². The molecular formula is C10H16BrN3O. The van der Waals surface area contributed by atoms with Crippen LogP contribution in [-0.2, 0) is 13.6 Å². The number of aliphatic hydroxyl groups excluding tert-OH is 1. The maximum Gasteiger partial charge on any atom is 0.0739 e. The average Bonchev–Trinajstić information content (AvgIpc) is 2.67. The average molecular weight is 274 g/mol. The van der Waals surface area contributed by atoms with Crippen molar-refractivity contribution >= 4 is 15.9 Å². The molecule has 0 amide bonds. The van der Waals surface area contributed by atoms with Crippen LogP contribution in [0, 0.1) is 6.92 Å². The van der Waals surface area contributed by atoms with E-state index in [1.807, 2.05) is 18.7 Å². The number of hydrogen-bond acceptors (Lipinski definition) is 3. The Morgan fingerprint density at radius 2 is 2.33 bits per heavy atom. The normalized spacial score (nSPS) is 22.5. The monoisotopic (exact) mass is 273 g/mol. The summed E-state index contributed by atoms with van der Waals surface area (Å²) in [6.07, 6.45) is 0.729. The van der Waals surface area contributed by atoms with Crippen molar-refractivity contribution in [3.05, 3.63) is 15.9 Å². The van der Waals surface area contributed by atoms with Crippen LogP contribution in [0.2, 0.25) is 0 Å². The molecule has 0 aliphatic carbocycles. The molecule has 0 radical (unpaired) electrons. The molecule has 1 fully saturated rings. The third-order valence-electron chi connectivity index (χ3n) is 2.88. The molecule has 0 aromatic carbocycles. The Bertz CT molecular complexity index is 364. The fraction of sp³-hybridized carbons (Fsp3) is 0.700. The summed E-state index contributed by atoms with van der Waals surface area (Å²) in [6.45, 7) is 4.59. The molecule has 5 heteroatoms. The first kappa shape index (κ1) is 11.1. The van der Waals surface area contributed by atoms with Crippen molar-refractivity contribution in [2.45, 2.75) is 26.0 Å². The van der Waals surface area contributed by atoms with Crippen LogP contribution in [0.4, 0.5) is 0 Å². The highest BCUT2D eigenvalue weighted by atomic mass is 79.9. The second-order valence-corrected chi connectivity index (χ2v) is 4.94. The molecule has 2 heterocycles. The fourth-order valence-electron chi connectivity index (χ4n) is 2.02. The van der Waals surface area contributed by atoms with E-state index < -0.39 is 0 Å². The van der Waals surface area contributed by atoms with Crippen molar-refractivity contribution < 1.29 is 5.11 Å². The van der Waals surface area contributed by atoms with Crippen LogP contribution in [0.1, 0.15) is 17.8 Å². The summed E-state index contributed by atoms with van der Waals surface area (Å²) in [5.74, 6) is 0. The molecule has 2 rings (SSSR count). The van der Waals surface area contributed by atoms with Crippen LogP contribution in [-0.4, -0.2) is 39.0 Å². The van der Waals surface area contributed by atoms with Gasteiger partial charge in [0.15, 0.2) is 0 Å². The lowest BCUT2D eigenvalue weighted by atomic mass is 10.3. The summed E-state index contributed by atoms with van der Waals surface area (Å²) in [7, 11) is 1.96. The van der Waals surface area contributed by atoms with Gasteiger partial charge in [-0.05, 0) is 29.3 Å². The van der Waals surface area contributed by atoms with E-state index in [4.69, 9.17) is 0 Å². The molecule has 0 saturated carbocycles. The number of β-amino-alcohol motifs (C(OH)–C–C–N with tert-alkyl or cyclic N) is 1. The zero-order valence-electron chi connectivity index (χ0n) is 9.07. The van der Waals surface area contributed by atoms with Gasteiger partial charge in [-0.2, -0.15) is 5.10 Å². The molecule has 84 valence electrons. The van der Waals surface area contributed by atoms with Gasteiger partial charge in [-0.3, -0.25) is 9.58 Å². The predicted octanol–water partition coefficient (Wildman–Crippen LogP) is 1.06. The van der Waals surface area contributed by atoms with Crippen molar-refractivity contribution in [1.29, 1.82) is 0 Å². The first-order valence-corrected chi connectivity index (χ1v) is 5.95. The van der Waals surface area contributed by atoms with Gasteiger partial charge in [0.25, 0.3) is 0 Å². The largest absolute Gasteiger partial charge is 0.392 e. The van der Waals surface area contributed by atoms with Crippen LogP contribution in [0.25, 0.3) is 0 Å². The molecule has 1 unspecified atom stereocenters. The number of aryl methyl sites for hydroxylation is 2. The second-order valence-electron chi connectivity index (χ2n) is 4.15. The smallest absolute Gasteiger partial charge is 0.0739 e. The van der Waals surface area contributed by atoms with Gasteiger partial charge in [0.2, 0.25) is 0 Å². The summed E-state index contributed by atoms with van der Waals surface area (Å²) in [4.78, 5) is 2.26. The Balaban J connectivity index is 2.10. The Morgan fingerprint density at radius 1 is 1.60 bits per heavy atom. The number of halogens is 1. The molecule has 15 heavy (non-hydrogen) atoms. The van der Waals surface area contributed by atoms with Gasteiger partial charge in [0.1, 0.15) is 0 Å². The minimum absolute atomic E-state index is 0.155. The molecule has 1 N–H and O–H groups in total. The SMILES string of the molecule is Cc1nn(C)c(CN2CCC(O)C2)c1Br. The van der Waals surface area contributed by atoms with Gasteiger partial charge in [0, 0.05) is 26.7 Å². The van der Waals surface area contributed by atoms with Gasteiger partial charge in [-0.15, -0.1) is 0 Å². The minimum atomic E-state index is -0.155. The maximum absolute atomic E-state index is 9.45. The Morgan fingerprint density at radius 3 is 2.80 bits per heavy atom. The molecular weight excluding hydrogens is 258 g/mol. The zero-order chi connectivity index (χ0) is 11.0. The molecule has 1 aliphatic rings. The first-order valence-electron chi connectivity index (χ1n) is 5.16. The molecule has 0 spiro atoms. The number of likely N-dealkylation sites (tertiary alicyclic amines) is 1. The molecule has 1 aromatic heterocycles. The van der Waals surface area contributed by atoms with Crippen LogP contribution in [0.15, 0.2) is 4.47 Å². The predicted molar refractivity (Wildman–Crippen MR) is 61.5 cm³/mol. The molecule has 1 aliphatic heterocycles. The van der Waals surface area contributed by atoms with Gasteiger partial charge >= 0.3 is 0 Å². The summed E-state index contributed by atoms with van der Waals surface area (Å²) in [5.41, 5.74) is 2.20. The van der Waals surface area contributed by atoms with Crippen LogP contribution in [0.5, 0.6) is 0 Å². The van der Waals surface area contributed by atoms with Crippen molar-refractivity contribution in [3.8, 4) is 0 Å². The summed E-state index contributed by atoms with van der Waals surface area (Å²) < 4.78 is 3.00. The third kappa shape index (κ3) is 2.24. The first-order chi connectivity index (χ1) is 7.08. The lowest BCUT2D eigenvalue weighted by Gasteiger charge is -2.15. The molecule has 0 bridgehead atoms. The van der Waals surface area contributed by atoms with Gasteiger partial charge < -0.3 is 5.11 Å². The molecule has 1 aromatic rings. The number of rotatable bonds is 2. The molecule has 1 atom stereocenters. The Kier molecular flexibility index (Phi) is 3.13. The summed E-state index contributed by atoms with van der Waals surface area (Å²) in [6, 6.07) is 0. The van der Waals surface area contributed by atoms with Crippen molar-refractivity contribution in [3.63, 3.8) is 0 Å². The summed E-state index contributed by atoms with van der Waals surface area (Å²) >= 11 is 3.55. The second kappa shape index (κ2) is 4.23. The Hall–Kier alpha value is -0.390. The number of nitrogens with zero attached hydrogens (tertiary/aromatic N) is 3. The van der Waals surface area contributed by atoms with Crippen molar-refractivity contribution in [1.82, 2.24) is 14.7 Å². The third-order valence-corrected chi connectivity index (χ3v) is 3.91. The number of aromatic nitrogens is 2. The number of aliphatic hydroxyl groups is 1. The molecule has 1 saturated heterocycles. The van der Waals surface area contributed by atoms with Crippen molar-refractivity contribution in [2.24, 2.45) is 7.05 Å². The fourth-order valence-corrected chi connectivity index (χ4v) is 2.48. The van der Waals surface area contributed by atoms with E-state index >= 15 is 0 Å². The van der Waals surface area contributed by atoms with Crippen LogP contribution < -0.4 is 0 Å². The number of hydrogen-bond donors (Lipinski definition) is 1. The van der Waals surface area contributed by atoms with E-state index in [9.17, 15) is 5.11 Å². The molecule has 4 nitrogen and oxygen atoms in total. The van der Waals surface area contributed by atoms with Gasteiger partial charge in [-0.1, -0.05) is 0 Å². The maximum atomic E-state index is 9.45. The highest BCUT2D eigenvalue weighted by molar-refractivity contribution is 9.10. The lowest BCUT2D eigenvalue weighted by Crippen LogP contribution is -2.23. The van der Waals surface area contributed by atoms with E-state index in [1.54, 1.807) is 0 Å². The highest BCUT2D eigenvalue weighted by Crippen LogP contribution is 2.23. The van der Waals surface area contributed by atoms with Gasteiger partial charge in [0.05, 0.1) is 22.0 Å². The zero-order valence-corrected chi connectivity index (χ0v) is 10.7.